The largest absolute Gasteiger partial charge is 0.497 e. The first-order valence-corrected chi connectivity index (χ1v) is 9.98. The molecule has 4 heteroatoms. The number of fused-ring (bicyclic) bond motifs is 2. The Kier molecular flexibility index (Phi) is 7.12. The van der Waals surface area contributed by atoms with E-state index in [4.69, 9.17) is 14.6 Å². The number of carbonyl (C=O) groups is 1. The van der Waals surface area contributed by atoms with Crippen molar-refractivity contribution in [1.82, 2.24) is 0 Å². The highest BCUT2D eigenvalue weighted by Crippen LogP contribution is 2.42. The molecule has 2 aromatic carbocycles. The zero-order valence-corrected chi connectivity index (χ0v) is 17.0. The average molecular weight is 392 g/mol. The van der Waals surface area contributed by atoms with Crippen LogP contribution in [0.15, 0.2) is 66.8 Å². The highest BCUT2D eigenvalue weighted by atomic mass is 16.5. The number of methoxy groups -OCH3 is 1. The molecule has 0 radical (unpaired) electrons. The first-order valence-electron chi connectivity index (χ1n) is 9.98. The van der Waals surface area contributed by atoms with E-state index >= 15 is 0 Å². The van der Waals surface area contributed by atoms with Gasteiger partial charge in [-0.1, -0.05) is 43.3 Å². The van der Waals surface area contributed by atoms with E-state index in [1.54, 1.807) is 7.11 Å². The van der Waals surface area contributed by atoms with Gasteiger partial charge in [0.05, 0.1) is 7.11 Å². The van der Waals surface area contributed by atoms with Gasteiger partial charge in [0.25, 0.3) is 0 Å². The molecule has 1 saturated carbocycles. The first kappa shape index (κ1) is 20.7. The molecule has 4 nitrogen and oxygen atoms in total. The van der Waals surface area contributed by atoms with E-state index in [0.29, 0.717) is 6.61 Å². The molecule has 2 aromatic rings. The number of rotatable bonds is 6. The van der Waals surface area contributed by atoms with Crippen LogP contribution in [0.1, 0.15) is 30.9 Å². The number of ether oxygens (including phenoxy) is 2. The van der Waals surface area contributed by atoms with Crippen LogP contribution < -0.4 is 9.47 Å². The van der Waals surface area contributed by atoms with Gasteiger partial charge in [0.15, 0.2) is 0 Å². The van der Waals surface area contributed by atoms with E-state index in [1.807, 2.05) is 48.5 Å². The third-order valence-corrected chi connectivity index (χ3v) is 5.47. The molecule has 0 amide bonds. The van der Waals surface area contributed by atoms with Crippen LogP contribution in [-0.2, 0) is 11.4 Å². The summed E-state index contributed by atoms with van der Waals surface area (Å²) in [6.45, 7) is 2.84. The molecule has 29 heavy (non-hydrogen) atoms. The van der Waals surface area contributed by atoms with E-state index in [-0.39, 0.29) is 0 Å². The van der Waals surface area contributed by atoms with E-state index in [0.717, 1.165) is 46.5 Å². The number of aliphatic carboxylic acids is 1. The second-order valence-electron chi connectivity index (χ2n) is 7.63. The summed E-state index contributed by atoms with van der Waals surface area (Å²) in [6.07, 6.45) is 10.4. The highest BCUT2D eigenvalue weighted by Gasteiger charge is 2.32. The Morgan fingerprint density at radius 3 is 2.21 bits per heavy atom. The number of hydrogen-bond donors (Lipinski definition) is 1. The lowest BCUT2D eigenvalue weighted by Crippen LogP contribution is -1.99. The molecular formula is C25H28O4. The fraction of sp³-hybridized carbons (Fsp3) is 0.320. The first-order chi connectivity index (χ1) is 14.0. The standard InChI is InChI=1S/C17H16O4.C8H12/c1-20-15-7-4-14(5-8-15)12-21-16-9-2-13(3-10-16)6-11-17(18)19;1-6-4-7-2-3-8(6)5-7/h2-11H,12H2,1H3,(H,18,19);2-3,6-8H,4-5H2,1H3. The lowest BCUT2D eigenvalue weighted by Gasteiger charge is -2.09. The van der Waals surface area contributed by atoms with Crippen LogP contribution in [-0.4, -0.2) is 18.2 Å². The molecule has 3 unspecified atom stereocenters. The minimum absolute atomic E-state index is 0.467. The summed E-state index contributed by atoms with van der Waals surface area (Å²) in [5.41, 5.74) is 1.86. The van der Waals surface area contributed by atoms with Crippen molar-refractivity contribution in [2.24, 2.45) is 17.8 Å². The molecule has 2 bridgehead atoms. The van der Waals surface area contributed by atoms with Crippen molar-refractivity contribution in [3.8, 4) is 11.5 Å². The number of carboxylic acid groups (broad SMARTS) is 1. The summed E-state index contributed by atoms with van der Waals surface area (Å²) in [4.78, 5) is 10.4. The molecule has 0 aliphatic heterocycles. The monoisotopic (exact) mass is 392 g/mol. The number of carboxylic acids is 1. The van der Waals surface area contributed by atoms with Crippen molar-refractivity contribution in [1.29, 1.82) is 0 Å². The maximum Gasteiger partial charge on any atom is 0.328 e. The van der Waals surface area contributed by atoms with Gasteiger partial charge >= 0.3 is 5.97 Å². The Morgan fingerprint density at radius 2 is 1.72 bits per heavy atom. The van der Waals surface area contributed by atoms with Crippen LogP contribution in [0.3, 0.4) is 0 Å². The van der Waals surface area contributed by atoms with E-state index in [1.165, 1.54) is 18.9 Å². The van der Waals surface area contributed by atoms with Crippen molar-refractivity contribution in [3.05, 3.63) is 77.9 Å². The predicted molar refractivity (Wildman–Crippen MR) is 115 cm³/mol. The van der Waals surface area contributed by atoms with Crippen LogP contribution >= 0.6 is 0 Å². The summed E-state index contributed by atoms with van der Waals surface area (Å²) in [5.74, 6) is 3.50. The molecule has 1 N–H and O–H groups in total. The number of allylic oxidation sites excluding steroid dienone is 2. The van der Waals surface area contributed by atoms with Gasteiger partial charge in [0, 0.05) is 6.08 Å². The zero-order valence-electron chi connectivity index (χ0n) is 17.0. The van der Waals surface area contributed by atoms with Gasteiger partial charge in [0.2, 0.25) is 0 Å². The van der Waals surface area contributed by atoms with Gasteiger partial charge in [-0.2, -0.15) is 0 Å². The minimum Gasteiger partial charge on any atom is -0.497 e. The lowest BCUT2D eigenvalue weighted by molar-refractivity contribution is -0.131. The molecule has 4 rings (SSSR count). The molecule has 0 aromatic heterocycles. The molecule has 0 spiro atoms. The Balaban J connectivity index is 0.000000246. The molecule has 152 valence electrons. The third kappa shape index (κ3) is 6.24. The van der Waals surface area contributed by atoms with Crippen molar-refractivity contribution in [2.45, 2.75) is 26.4 Å². The van der Waals surface area contributed by atoms with Crippen LogP contribution in [0.2, 0.25) is 0 Å². The van der Waals surface area contributed by atoms with Crippen LogP contribution in [0.5, 0.6) is 11.5 Å². The van der Waals surface area contributed by atoms with Gasteiger partial charge in [-0.15, -0.1) is 0 Å². The summed E-state index contributed by atoms with van der Waals surface area (Å²) < 4.78 is 10.8. The minimum atomic E-state index is -0.963. The summed E-state index contributed by atoms with van der Waals surface area (Å²) in [7, 11) is 1.63. The molecule has 2 aliphatic rings. The number of hydrogen-bond acceptors (Lipinski definition) is 3. The van der Waals surface area contributed by atoms with Crippen molar-refractivity contribution >= 4 is 12.0 Å². The quantitative estimate of drug-likeness (QED) is 0.514. The molecule has 3 atom stereocenters. The van der Waals surface area contributed by atoms with Crippen LogP contribution in [0.25, 0.3) is 6.08 Å². The van der Waals surface area contributed by atoms with Gasteiger partial charge in [-0.25, -0.2) is 4.79 Å². The SMILES string of the molecule is CC1CC2C=CC1C2.COc1ccc(COc2ccc(C=CC(=O)O)cc2)cc1. The summed E-state index contributed by atoms with van der Waals surface area (Å²) in [5, 5.41) is 8.56. The second-order valence-corrected chi connectivity index (χ2v) is 7.63. The maximum absolute atomic E-state index is 10.4. The Hall–Kier alpha value is -3.01. The molecule has 0 saturated heterocycles. The van der Waals surface area contributed by atoms with Crippen molar-refractivity contribution in [2.75, 3.05) is 7.11 Å². The maximum atomic E-state index is 10.4. The molecule has 0 heterocycles. The Bertz CT molecular complexity index is 849. The summed E-state index contributed by atoms with van der Waals surface area (Å²) in [6, 6.07) is 14.9. The molecule has 2 aliphatic carbocycles. The smallest absolute Gasteiger partial charge is 0.328 e. The zero-order chi connectivity index (χ0) is 20.6. The van der Waals surface area contributed by atoms with Gasteiger partial charge in [-0.05, 0) is 72.1 Å². The van der Waals surface area contributed by atoms with E-state index in [9.17, 15) is 4.79 Å². The second kappa shape index (κ2) is 9.97. The molecular weight excluding hydrogens is 364 g/mol. The third-order valence-electron chi connectivity index (χ3n) is 5.47. The van der Waals surface area contributed by atoms with Crippen molar-refractivity contribution in [3.63, 3.8) is 0 Å². The van der Waals surface area contributed by atoms with Gasteiger partial charge in [-0.3, -0.25) is 0 Å². The molecule has 1 fully saturated rings. The predicted octanol–water partition coefficient (Wildman–Crippen LogP) is 5.59. The Labute approximate surface area is 172 Å². The Morgan fingerprint density at radius 1 is 1.03 bits per heavy atom. The average Bonchev–Trinajstić information content (AvgIpc) is 3.35. The lowest BCUT2D eigenvalue weighted by atomic mass is 9.96. The van der Waals surface area contributed by atoms with Crippen LogP contribution in [0, 0.1) is 17.8 Å². The number of benzene rings is 2. The summed E-state index contributed by atoms with van der Waals surface area (Å²) >= 11 is 0. The van der Waals surface area contributed by atoms with Gasteiger partial charge in [0.1, 0.15) is 18.1 Å². The highest BCUT2D eigenvalue weighted by molar-refractivity contribution is 5.85. The topological polar surface area (TPSA) is 55.8 Å². The van der Waals surface area contributed by atoms with Crippen molar-refractivity contribution < 1.29 is 19.4 Å². The van der Waals surface area contributed by atoms with E-state index < -0.39 is 5.97 Å². The van der Waals surface area contributed by atoms with E-state index in [2.05, 4.69) is 19.1 Å². The normalized spacial score (nSPS) is 21.7. The fourth-order valence-corrected chi connectivity index (χ4v) is 3.79. The van der Waals surface area contributed by atoms with Gasteiger partial charge < -0.3 is 14.6 Å². The van der Waals surface area contributed by atoms with Crippen LogP contribution in [0.4, 0.5) is 0 Å². The fourth-order valence-electron chi connectivity index (χ4n) is 3.79.